The number of amides is 3. The molecular weight excluding hydrogens is 845 g/mol. The van der Waals surface area contributed by atoms with E-state index in [1.54, 1.807) is 18.2 Å². The summed E-state index contributed by atoms with van der Waals surface area (Å²) in [5.74, 6) is -1.81. The molecule has 4 saturated carbocycles. The van der Waals surface area contributed by atoms with Gasteiger partial charge in [-0.25, -0.2) is 14.6 Å². The van der Waals surface area contributed by atoms with Crippen molar-refractivity contribution in [2.45, 2.75) is 122 Å². The molecule has 1 saturated heterocycles. The summed E-state index contributed by atoms with van der Waals surface area (Å²) in [5, 5.41) is 58.5. The number of aromatic carboxylic acids is 1. The van der Waals surface area contributed by atoms with Crippen molar-refractivity contribution in [3.05, 3.63) is 65.2 Å². The Kier molecular flexibility index (Phi) is 14.0. The number of nitrogens with two attached hydrogens (primary N) is 1. The number of aliphatic hydroxyl groups is 4. The Morgan fingerprint density at radius 3 is 2.35 bits per heavy atom. The molecule has 1 aliphatic heterocycles. The SMILES string of the molecule is CNC(=O)Cc1ccc(-c2ccn(CC34CC5(C)CC(C)(C3)CC(OCCNC(=O)OCc3ccc(O[C@@H]6O[C@H](CO)[C@H](O)[C@H](O)[C@H]6O)c(NC(=O)CCN)c3)(C5)C4)c2C)c(C(=O)O)n1. The minimum Gasteiger partial charge on any atom is -0.476 e. The van der Waals surface area contributed by atoms with Gasteiger partial charge < -0.3 is 70.7 Å². The number of nitrogens with zero attached hydrogens (tertiary/aromatic N) is 2. The third-order valence-corrected chi connectivity index (χ3v) is 13.4. The van der Waals surface area contributed by atoms with E-state index in [-0.39, 0.29) is 84.0 Å². The summed E-state index contributed by atoms with van der Waals surface area (Å²) in [6, 6.07) is 9.92. The van der Waals surface area contributed by atoms with E-state index >= 15 is 0 Å². The van der Waals surface area contributed by atoms with Crippen molar-refractivity contribution in [2.24, 2.45) is 22.0 Å². The van der Waals surface area contributed by atoms with Crippen molar-refractivity contribution in [3.8, 4) is 16.9 Å². The van der Waals surface area contributed by atoms with Gasteiger partial charge in [0.2, 0.25) is 18.1 Å². The van der Waals surface area contributed by atoms with E-state index < -0.39 is 55.3 Å². The minimum atomic E-state index is -1.68. The molecule has 3 heterocycles. The lowest BCUT2D eigenvalue weighted by Gasteiger charge is -2.69. The molecule has 19 heteroatoms. The highest BCUT2D eigenvalue weighted by atomic mass is 16.7. The number of hydrogen-bond acceptors (Lipinski definition) is 14. The first-order chi connectivity index (χ1) is 30.8. The van der Waals surface area contributed by atoms with Gasteiger partial charge in [-0.1, -0.05) is 26.0 Å². The average Bonchev–Trinajstić information content (AvgIpc) is 3.59. The van der Waals surface area contributed by atoms with Crippen LogP contribution in [0.3, 0.4) is 0 Å². The van der Waals surface area contributed by atoms with Gasteiger partial charge in [0.1, 0.15) is 36.8 Å². The molecule has 0 radical (unpaired) electrons. The van der Waals surface area contributed by atoms with Crippen LogP contribution in [0.1, 0.15) is 86.2 Å². The quantitative estimate of drug-likeness (QED) is 0.0829. The van der Waals surface area contributed by atoms with Crippen LogP contribution in [0.2, 0.25) is 0 Å². The Morgan fingerprint density at radius 2 is 1.68 bits per heavy atom. The van der Waals surface area contributed by atoms with Crippen molar-refractivity contribution in [1.82, 2.24) is 20.2 Å². The molecule has 5 fully saturated rings. The Morgan fingerprint density at radius 1 is 0.938 bits per heavy atom. The number of pyridine rings is 1. The molecule has 1 aromatic carbocycles. The van der Waals surface area contributed by atoms with Gasteiger partial charge in [-0.3, -0.25) is 9.59 Å². The normalized spacial score (nSPS) is 30.1. The smallest absolute Gasteiger partial charge is 0.407 e. The number of nitrogens with one attached hydrogen (secondary N) is 3. The summed E-state index contributed by atoms with van der Waals surface area (Å²) in [7, 11) is 1.52. The third kappa shape index (κ3) is 10.5. The van der Waals surface area contributed by atoms with Crippen LogP contribution >= 0.6 is 0 Å². The van der Waals surface area contributed by atoms with E-state index in [4.69, 9.17) is 24.7 Å². The number of aromatic nitrogens is 2. The molecule has 5 aliphatic rings. The zero-order chi connectivity index (χ0) is 46.9. The summed E-state index contributed by atoms with van der Waals surface area (Å²) in [5.41, 5.74) is 8.33. The first-order valence-electron chi connectivity index (χ1n) is 22.1. The number of anilines is 1. The van der Waals surface area contributed by atoms with Crippen LogP contribution in [-0.2, 0) is 43.4 Å². The van der Waals surface area contributed by atoms with Crippen molar-refractivity contribution in [3.63, 3.8) is 0 Å². The van der Waals surface area contributed by atoms with Crippen LogP contribution < -0.4 is 26.4 Å². The van der Waals surface area contributed by atoms with Crippen LogP contribution in [0.5, 0.6) is 5.75 Å². The van der Waals surface area contributed by atoms with E-state index in [2.05, 4.69) is 39.3 Å². The van der Waals surface area contributed by atoms with Crippen molar-refractivity contribution < 1.29 is 63.7 Å². The fourth-order valence-electron chi connectivity index (χ4n) is 11.9. The molecule has 354 valence electrons. The van der Waals surface area contributed by atoms with Crippen LogP contribution in [0.15, 0.2) is 42.6 Å². The molecule has 65 heavy (non-hydrogen) atoms. The molecular formula is C46H62N6O13. The van der Waals surface area contributed by atoms with E-state index in [0.717, 1.165) is 56.3 Å². The maximum atomic E-state index is 12.9. The largest absolute Gasteiger partial charge is 0.476 e. The number of alkyl carbamates (subject to hydrolysis) is 1. The molecule has 7 atom stereocenters. The Labute approximate surface area is 377 Å². The van der Waals surface area contributed by atoms with E-state index in [1.165, 1.54) is 19.2 Å². The lowest BCUT2D eigenvalue weighted by molar-refractivity contribution is -0.277. The molecule has 10 N–H and O–H groups in total. The summed E-state index contributed by atoms with van der Waals surface area (Å²) < 4.78 is 25.8. The van der Waals surface area contributed by atoms with Crippen LogP contribution in [0, 0.1) is 23.2 Å². The predicted molar refractivity (Wildman–Crippen MR) is 233 cm³/mol. The van der Waals surface area contributed by atoms with Gasteiger partial charge in [-0.05, 0) is 91.5 Å². The molecule has 2 aromatic heterocycles. The molecule has 3 aromatic rings. The van der Waals surface area contributed by atoms with Gasteiger partial charge >= 0.3 is 12.1 Å². The number of benzene rings is 1. The monoisotopic (exact) mass is 906 g/mol. The molecule has 3 amide bonds. The fourth-order valence-corrected chi connectivity index (χ4v) is 11.9. The average molecular weight is 907 g/mol. The number of hydrogen-bond donors (Lipinski definition) is 9. The van der Waals surface area contributed by atoms with Gasteiger partial charge in [-0.15, -0.1) is 0 Å². The second kappa shape index (κ2) is 19.0. The van der Waals surface area contributed by atoms with E-state index in [0.29, 0.717) is 16.8 Å². The van der Waals surface area contributed by atoms with Crippen molar-refractivity contribution in [2.75, 3.05) is 38.7 Å². The third-order valence-electron chi connectivity index (χ3n) is 13.4. The van der Waals surface area contributed by atoms with Gasteiger partial charge in [0, 0.05) is 56.1 Å². The van der Waals surface area contributed by atoms with Gasteiger partial charge in [-0.2, -0.15) is 0 Å². The Hall–Kier alpha value is -5.15. The van der Waals surface area contributed by atoms with Gasteiger partial charge in [0.15, 0.2) is 5.69 Å². The number of ether oxygens (including phenoxy) is 4. The van der Waals surface area contributed by atoms with Crippen molar-refractivity contribution in [1.29, 1.82) is 0 Å². The lowest BCUT2D eigenvalue weighted by atomic mass is 9.39. The molecule has 0 spiro atoms. The van der Waals surface area contributed by atoms with Crippen molar-refractivity contribution >= 4 is 29.6 Å². The predicted octanol–water partition coefficient (Wildman–Crippen LogP) is 2.37. The molecule has 19 nitrogen and oxygen atoms in total. The van der Waals surface area contributed by atoms with E-state index in [1.807, 2.05) is 19.2 Å². The molecule has 2 unspecified atom stereocenters. The summed E-state index contributed by atoms with van der Waals surface area (Å²) >= 11 is 0. The first kappa shape index (κ1) is 47.8. The molecule has 8 rings (SSSR count). The lowest BCUT2D eigenvalue weighted by Crippen LogP contribution is -2.64. The summed E-state index contributed by atoms with van der Waals surface area (Å²) in [4.78, 5) is 54.1. The summed E-state index contributed by atoms with van der Waals surface area (Å²) in [6.45, 7) is 7.18. The number of rotatable bonds is 18. The second-order valence-corrected chi connectivity index (χ2v) is 19.2. The Bertz CT molecular complexity index is 2250. The van der Waals surface area contributed by atoms with Crippen LogP contribution in [-0.4, -0.2) is 129 Å². The number of likely N-dealkylation sites (N-methyl/N-ethyl adjacent to an activating group) is 1. The fraction of sp³-hybridized carbons (Fsp3) is 0.587. The number of aliphatic hydroxyl groups excluding tert-OH is 4. The maximum Gasteiger partial charge on any atom is 0.407 e. The zero-order valence-electron chi connectivity index (χ0n) is 37.3. The topological polar surface area (TPSA) is 286 Å². The minimum absolute atomic E-state index is 0.00643. The highest BCUT2D eigenvalue weighted by Crippen LogP contribution is 2.72. The maximum absolute atomic E-state index is 12.9. The standard InChI is InChI=1S/C46H62N6O13/c1-26-29(30-7-6-28(16-35(55)48-4)50-36(30)40(59)60)10-13-52(26)25-45-20-43(2)19-44(3,21-45)23-46(22-43,24-45)63-14-12-49-42(61)62-18-27-5-8-32(31(15-27)51-34(54)9-11-47)64-41-39(58)38(57)37(56)33(17-53)65-41/h5-8,10,13,15,33,37-39,41,53,56-58H,9,11-12,14,16-25,47H2,1-4H3,(H,48,55)(H,49,61)(H,51,54)(H,59,60)/t33-,37+,38+,39-,41-,43?,44?,45?,46?/m1/s1. The highest BCUT2D eigenvalue weighted by Gasteiger charge is 2.66. The molecule has 4 bridgehead atoms. The highest BCUT2D eigenvalue weighted by molar-refractivity contribution is 5.95. The van der Waals surface area contributed by atoms with Gasteiger partial charge in [0.25, 0.3) is 0 Å². The van der Waals surface area contributed by atoms with Gasteiger partial charge in [0.05, 0.1) is 36.6 Å². The number of carboxylic acid groups (broad SMARTS) is 1. The van der Waals surface area contributed by atoms with Crippen LogP contribution in [0.25, 0.3) is 11.1 Å². The van der Waals surface area contributed by atoms with Crippen LogP contribution in [0.4, 0.5) is 10.5 Å². The summed E-state index contributed by atoms with van der Waals surface area (Å²) in [6.07, 6.45) is -0.462. The second-order valence-electron chi connectivity index (χ2n) is 19.2. The Balaban J connectivity index is 0.970. The van der Waals surface area contributed by atoms with E-state index in [9.17, 15) is 44.7 Å². The molecule has 4 aliphatic carbocycles. The zero-order valence-corrected chi connectivity index (χ0v) is 37.3. The first-order valence-corrected chi connectivity index (χ1v) is 22.1. The number of carbonyl (C=O) groups excluding carboxylic acids is 3. The number of carbonyl (C=O) groups is 4. The number of carboxylic acids is 1.